The standard InChI is InChI=1S/C35H41N3O6/c1-5-21(3)27(20-39)38-30(32(41)37-25-12-11-22-9-7-8-10-23(22)19-25)35-18-17-34(4,44-35)28(29(35)33(38)42)31(40)36-24-13-15-26(16-14-24)43-6-2/h7-16,19,21,27-30,39H,5-6,17-18,20H2,1-4H3,(H,36,40)(H,37,41)/t21-,27-,28-,29-,30?,34+,35?/m0/s1. The van der Waals surface area contributed by atoms with Crippen LogP contribution in [-0.2, 0) is 19.1 Å². The summed E-state index contributed by atoms with van der Waals surface area (Å²) in [7, 11) is 0. The van der Waals surface area contributed by atoms with Crippen molar-refractivity contribution in [3.63, 3.8) is 0 Å². The number of aliphatic hydroxyl groups excluding tert-OH is 1. The number of amides is 3. The molecule has 3 N–H and O–H groups in total. The second-order valence-corrected chi connectivity index (χ2v) is 12.6. The molecule has 3 saturated heterocycles. The van der Waals surface area contributed by atoms with Gasteiger partial charge in [0.15, 0.2) is 0 Å². The average Bonchev–Trinajstić information content (AvgIpc) is 3.59. The fraction of sp³-hybridized carbons (Fsp3) is 0.457. The molecule has 3 amide bonds. The number of hydrogen-bond acceptors (Lipinski definition) is 6. The molecule has 232 valence electrons. The summed E-state index contributed by atoms with van der Waals surface area (Å²) in [5.41, 5.74) is -0.934. The summed E-state index contributed by atoms with van der Waals surface area (Å²) in [5.74, 6) is -2.09. The van der Waals surface area contributed by atoms with Gasteiger partial charge < -0.3 is 30.1 Å². The van der Waals surface area contributed by atoms with Crippen molar-refractivity contribution in [2.24, 2.45) is 17.8 Å². The van der Waals surface area contributed by atoms with Gasteiger partial charge in [-0.25, -0.2) is 0 Å². The number of rotatable bonds is 10. The highest BCUT2D eigenvalue weighted by Crippen LogP contribution is 2.63. The van der Waals surface area contributed by atoms with E-state index < -0.39 is 35.1 Å². The number of nitrogens with one attached hydrogen (secondary N) is 2. The summed E-state index contributed by atoms with van der Waals surface area (Å²) in [4.78, 5) is 44.4. The van der Waals surface area contributed by atoms with Crippen LogP contribution in [0.4, 0.5) is 11.4 Å². The van der Waals surface area contributed by atoms with Crippen LogP contribution in [0.1, 0.15) is 47.0 Å². The van der Waals surface area contributed by atoms with E-state index in [2.05, 4.69) is 10.6 Å². The Labute approximate surface area is 257 Å². The highest BCUT2D eigenvalue weighted by molar-refractivity contribution is 6.06. The lowest BCUT2D eigenvalue weighted by atomic mass is 9.66. The van der Waals surface area contributed by atoms with E-state index in [1.54, 1.807) is 24.3 Å². The number of anilines is 2. The van der Waals surface area contributed by atoms with E-state index in [0.717, 1.165) is 10.8 Å². The summed E-state index contributed by atoms with van der Waals surface area (Å²) < 4.78 is 12.3. The molecule has 3 heterocycles. The van der Waals surface area contributed by atoms with E-state index >= 15 is 0 Å². The zero-order valence-corrected chi connectivity index (χ0v) is 25.7. The van der Waals surface area contributed by atoms with E-state index in [4.69, 9.17) is 9.47 Å². The van der Waals surface area contributed by atoms with Gasteiger partial charge in [-0.15, -0.1) is 0 Å². The Bertz CT molecular complexity index is 1580. The van der Waals surface area contributed by atoms with Gasteiger partial charge in [0.1, 0.15) is 17.4 Å². The van der Waals surface area contributed by atoms with Crippen molar-refractivity contribution in [3.8, 4) is 5.75 Å². The van der Waals surface area contributed by atoms with Gasteiger partial charge in [-0.2, -0.15) is 0 Å². The van der Waals surface area contributed by atoms with Gasteiger partial charge in [0, 0.05) is 11.4 Å². The van der Waals surface area contributed by atoms with Crippen LogP contribution >= 0.6 is 0 Å². The minimum Gasteiger partial charge on any atom is -0.494 e. The number of nitrogens with zero attached hydrogens (tertiary/aromatic N) is 1. The first kappa shape index (κ1) is 30.1. The number of carbonyl (C=O) groups is 3. The van der Waals surface area contributed by atoms with E-state index in [1.165, 1.54) is 4.90 Å². The molecule has 0 saturated carbocycles. The van der Waals surface area contributed by atoms with E-state index in [0.29, 0.717) is 43.0 Å². The van der Waals surface area contributed by atoms with Crippen LogP contribution in [0.2, 0.25) is 0 Å². The second kappa shape index (κ2) is 11.5. The first-order chi connectivity index (χ1) is 21.2. The lowest BCUT2D eigenvalue weighted by Gasteiger charge is -2.39. The number of aliphatic hydroxyl groups is 1. The van der Waals surface area contributed by atoms with Gasteiger partial charge in [0.05, 0.1) is 36.7 Å². The average molecular weight is 600 g/mol. The van der Waals surface area contributed by atoms with Gasteiger partial charge in [-0.05, 0) is 79.8 Å². The topological polar surface area (TPSA) is 117 Å². The SMILES string of the molecule is CCOc1ccc(NC(=O)[C@@H]2[C@H]3C(=O)N([C@@H](CO)[C@@H](C)CC)C(C(=O)Nc4ccc5ccccc5c4)C34CC[C@@]2(C)O4)cc1. The van der Waals surface area contributed by atoms with Crippen molar-refractivity contribution in [2.45, 2.75) is 70.2 Å². The zero-order valence-electron chi connectivity index (χ0n) is 25.7. The molecule has 0 aliphatic carbocycles. The number of benzene rings is 3. The Morgan fingerprint density at radius 1 is 1.00 bits per heavy atom. The summed E-state index contributed by atoms with van der Waals surface area (Å²) in [6, 6.07) is 19.1. The zero-order chi connectivity index (χ0) is 31.2. The minimum absolute atomic E-state index is 0.0842. The monoisotopic (exact) mass is 599 g/mol. The fourth-order valence-electron chi connectivity index (χ4n) is 7.73. The van der Waals surface area contributed by atoms with Crippen LogP contribution < -0.4 is 15.4 Å². The van der Waals surface area contributed by atoms with Crippen molar-refractivity contribution in [1.29, 1.82) is 0 Å². The molecule has 3 fully saturated rings. The maximum absolute atomic E-state index is 14.5. The summed E-state index contributed by atoms with van der Waals surface area (Å²) in [5, 5.41) is 18.6. The summed E-state index contributed by atoms with van der Waals surface area (Å²) in [6.45, 7) is 7.97. The van der Waals surface area contributed by atoms with Crippen molar-refractivity contribution < 1.29 is 29.0 Å². The van der Waals surface area contributed by atoms with Gasteiger partial charge in [-0.3, -0.25) is 14.4 Å². The number of fused-ring (bicyclic) bond motifs is 2. The molecule has 44 heavy (non-hydrogen) atoms. The number of ether oxygens (including phenoxy) is 2. The molecule has 7 atom stereocenters. The molecule has 3 aromatic rings. The third-order valence-corrected chi connectivity index (χ3v) is 10.0. The van der Waals surface area contributed by atoms with Gasteiger partial charge in [0.25, 0.3) is 0 Å². The molecule has 0 radical (unpaired) electrons. The molecule has 2 bridgehead atoms. The fourth-order valence-corrected chi connectivity index (χ4v) is 7.73. The number of carbonyl (C=O) groups excluding carboxylic acids is 3. The number of likely N-dealkylation sites (tertiary alicyclic amines) is 1. The van der Waals surface area contributed by atoms with Crippen molar-refractivity contribution >= 4 is 39.9 Å². The first-order valence-electron chi connectivity index (χ1n) is 15.6. The number of hydrogen-bond donors (Lipinski definition) is 3. The van der Waals surface area contributed by atoms with E-state index in [9.17, 15) is 19.5 Å². The van der Waals surface area contributed by atoms with Gasteiger partial charge >= 0.3 is 0 Å². The molecular formula is C35H41N3O6. The van der Waals surface area contributed by atoms with Crippen molar-refractivity contribution in [3.05, 3.63) is 66.7 Å². The largest absolute Gasteiger partial charge is 0.494 e. The lowest BCUT2D eigenvalue weighted by Crippen LogP contribution is -2.57. The molecule has 2 unspecified atom stereocenters. The Morgan fingerprint density at radius 3 is 2.36 bits per heavy atom. The lowest BCUT2D eigenvalue weighted by molar-refractivity contribution is -0.148. The molecule has 3 aliphatic rings. The van der Waals surface area contributed by atoms with Crippen molar-refractivity contribution in [2.75, 3.05) is 23.8 Å². The van der Waals surface area contributed by atoms with Crippen LogP contribution in [0, 0.1) is 17.8 Å². The molecule has 0 aromatic heterocycles. The van der Waals surface area contributed by atoms with Crippen LogP contribution in [0.3, 0.4) is 0 Å². The van der Waals surface area contributed by atoms with E-state index in [1.807, 2.05) is 70.2 Å². The van der Waals surface area contributed by atoms with E-state index in [-0.39, 0.29) is 30.2 Å². The maximum Gasteiger partial charge on any atom is 0.250 e. The Balaban J connectivity index is 1.36. The van der Waals surface area contributed by atoms with Crippen LogP contribution in [-0.4, -0.2) is 64.2 Å². The molecule has 9 heteroatoms. The predicted octanol–water partition coefficient (Wildman–Crippen LogP) is 4.99. The third kappa shape index (κ3) is 4.82. The van der Waals surface area contributed by atoms with Crippen LogP contribution in [0.25, 0.3) is 10.8 Å². The molecular weight excluding hydrogens is 558 g/mol. The third-order valence-electron chi connectivity index (χ3n) is 10.0. The normalized spacial score (nSPS) is 28.5. The van der Waals surface area contributed by atoms with Crippen LogP contribution in [0.5, 0.6) is 5.75 Å². The molecule has 6 rings (SSSR count). The first-order valence-corrected chi connectivity index (χ1v) is 15.6. The maximum atomic E-state index is 14.5. The molecule has 3 aliphatic heterocycles. The van der Waals surface area contributed by atoms with Gasteiger partial charge in [-0.1, -0.05) is 50.6 Å². The predicted molar refractivity (Wildman–Crippen MR) is 168 cm³/mol. The Morgan fingerprint density at radius 2 is 1.68 bits per heavy atom. The summed E-state index contributed by atoms with van der Waals surface area (Å²) in [6.07, 6.45) is 1.68. The summed E-state index contributed by atoms with van der Waals surface area (Å²) >= 11 is 0. The molecule has 9 nitrogen and oxygen atoms in total. The highest BCUT2D eigenvalue weighted by Gasteiger charge is 2.78. The second-order valence-electron chi connectivity index (χ2n) is 12.6. The molecule has 3 aromatic carbocycles. The Hall–Kier alpha value is -3.95. The highest BCUT2D eigenvalue weighted by atomic mass is 16.5. The molecule has 1 spiro atoms. The quantitative estimate of drug-likeness (QED) is 0.303. The van der Waals surface area contributed by atoms with Crippen molar-refractivity contribution in [1.82, 2.24) is 4.90 Å². The smallest absolute Gasteiger partial charge is 0.250 e. The van der Waals surface area contributed by atoms with Crippen LogP contribution in [0.15, 0.2) is 66.7 Å². The Kier molecular flexibility index (Phi) is 7.88. The minimum atomic E-state index is -1.20. The van der Waals surface area contributed by atoms with Gasteiger partial charge in [0.2, 0.25) is 17.7 Å².